The maximum atomic E-state index is 10.4. The van der Waals surface area contributed by atoms with Crippen LogP contribution in [-0.4, -0.2) is 24.4 Å². The zero-order chi connectivity index (χ0) is 13.0. The molecule has 1 heterocycles. The number of fused-ring (bicyclic) bond motifs is 1. The first-order valence-electron chi connectivity index (χ1n) is 6.81. The number of aliphatic hydroxyl groups excluding tert-OH is 1. The van der Waals surface area contributed by atoms with Gasteiger partial charge in [0.15, 0.2) is 0 Å². The Morgan fingerprint density at radius 2 is 2.22 bits per heavy atom. The topological polar surface area (TPSA) is 38.7 Å². The van der Waals surface area contributed by atoms with Gasteiger partial charge in [-0.05, 0) is 36.6 Å². The number of rotatable bonds is 6. The highest BCUT2D eigenvalue weighted by molar-refractivity contribution is 5.40. The fourth-order valence-electron chi connectivity index (χ4n) is 2.44. The molecule has 1 aliphatic rings. The van der Waals surface area contributed by atoms with Gasteiger partial charge in [-0.25, -0.2) is 0 Å². The lowest BCUT2D eigenvalue weighted by Crippen LogP contribution is -2.22. The lowest BCUT2D eigenvalue weighted by molar-refractivity contribution is -0.0385. The van der Waals surface area contributed by atoms with E-state index in [2.05, 4.69) is 13.0 Å². The largest absolute Gasteiger partial charge is 0.493 e. The van der Waals surface area contributed by atoms with Crippen LogP contribution in [0.3, 0.4) is 0 Å². The van der Waals surface area contributed by atoms with Gasteiger partial charge in [-0.15, -0.1) is 0 Å². The fourth-order valence-corrected chi connectivity index (χ4v) is 2.44. The van der Waals surface area contributed by atoms with Crippen molar-refractivity contribution in [2.75, 3.05) is 13.2 Å². The van der Waals surface area contributed by atoms with Crippen molar-refractivity contribution in [1.29, 1.82) is 0 Å². The van der Waals surface area contributed by atoms with Crippen molar-refractivity contribution >= 4 is 0 Å². The lowest BCUT2D eigenvalue weighted by atomic mass is 9.98. The van der Waals surface area contributed by atoms with Gasteiger partial charge in [-0.1, -0.05) is 19.4 Å². The summed E-state index contributed by atoms with van der Waals surface area (Å²) in [6.45, 7) is 5.45. The number of aliphatic hydroxyl groups is 1. The van der Waals surface area contributed by atoms with Gasteiger partial charge in [-0.2, -0.15) is 0 Å². The SMILES string of the molecule is CCCC(OCC)C(O)c1ccc2c(c1)CCO2. The molecule has 1 aliphatic heterocycles. The smallest absolute Gasteiger partial charge is 0.122 e. The van der Waals surface area contributed by atoms with Gasteiger partial charge in [0.25, 0.3) is 0 Å². The highest BCUT2D eigenvalue weighted by Gasteiger charge is 2.22. The van der Waals surface area contributed by atoms with Crippen LogP contribution in [0.1, 0.15) is 43.9 Å². The molecule has 0 aromatic heterocycles. The summed E-state index contributed by atoms with van der Waals surface area (Å²) in [5, 5.41) is 10.4. The molecule has 2 atom stereocenters. The molecular formula is C15H22O3. The molecular weight excluding hydrogens is 228 g/mol. The Morgan fingerprint density at radius 1 is 1.39 bits per heavy atom. The normalized spacial score (nSPS) is 17.1. The van der Waals surface area contributed by atoms with E-state index < -0.39 is 6.10 Å². The Morgan fingerprint density at radius 3 is 2.94 bits per heavy atom. The maximum absolute atomic E-state index is 10.4. The molecule has 18 heavy (non-hydrogen) atoms. The van der Waals surface area contributed by atoms with Crippen molar-refractivity contribution in [3.05, 3.63) is 29.3 Å². The summed E-state index contributed by atoms with van der Waals surface area (Å²) in [5.41, 5.74) is 2.13. The van der Waals surface area contributed by atoms with Crippen LogP contribution in [0.2, 0.25) is 0 Å². The quantitative estimate of drug-likeness (QED) is 0.843. The van der Waals surface area contributed by atoms with Gasteiger partial charge in [0.1, 0.15) is 11.9 Å². The lowest BCUT2D eigenvalue weighted by Gasteiger charge is -2.23. The Balaban J connectivity index is 2.13. The van der Waals surface area contributed by atoms with Gasteiger partial charge in [0.05, 0.1) is 12.7 Å². The van der Waals surface area contributed by atoms with Crippen molar-refractivity contribution in [2.24, 2.45) is 0 Å². The van der Waals surface area contributed by atoms with Crippen LogP contribution >= 0.6 is 0 Å². The maximum Gasteiger partial charge on any atom is 0.122 e. The molecule has 3 nitrogen and oxygen atoms in total. The summed E-state index contributed by atoms with van der Waals surface area (Å²) in [5.74, 6) is 0.953. The third kappa shape index (κ3) is 2.85. The van der Waals surface area contributed by atoms with Crippen LogP contribution in [0.25, 0.3) is 0 Å². The molecule has 0 bridgehead atoms. The molecule has 2 unspecified atom stereocenters. The van der Waals surface area contributed by atoms with Crippen LogP contribution < -0.4 is 4.74 Å². The summed E-state index contributed by atoms with van der Waals surface area (Å²) < 4.78 is 11.1. The van der Waals surface area contributed by atoms with E-state index in [0.29, 0.717) is 6.61 Å². The zero-order valence-electron chi connectivity index (χ0n) is 11.2. The van der Waals surface area contributed by atoms with Gasteiger partial charge in [0, 0.05) is 13.0 Å². The summed E-state index contributed by atoms with van der Waals surface area (Å²) in [4.78, 5) is 0. The first kappa shape index (κ1) is 13.4. The predicted molar refractivity (Wildman–Crippen MR) is 70.9 cm³/mol. The minimum atomic E-state index is -0.546. The van der Waals surface area contributed by atoms with E-state index in [1.54, 1.807) is 0 Å². The van der Waals surface area contributed by atoms with Crippen molar-refractivity contribution in [1.82, 2.24) is 0 Å². The molecule has 1 aromatic rings. The average Bonchev–Trinajstić information content (AvgIpc) is 2.84. The highest BCUT2D eigenvalue weighted by Crippen LogP contribution is 2.30. The van der Waals surface area contributed by atoms with Crippen LogP contribution in [0.4, 0.5) is 0 Å². The first-order chi connectivity index (χ1) is 8.76. The molecule has 0 fully saturated rings. The van der Waals surface area contributed by atoms with Crippen LogP contribution in [-0.2, 0) is 11.2 Å². The summed E-state index contributed by atoms with van der Waals surface area (Å²) >= 11 is 0. The number of hydrogen-bond donors (Lipinski definition) is 1. The molecule has 1 N–H and O–H groups in total. The summed E-state index contributed by atoms with van der Waals surface area (Å²) in [7, 11) is 0. The van der Waals surface area contributed by atoms with Gasteiger partial charge in [0.2, 0.25) is 0 Å². The number of benzene rings is 1. The first-order valence-corrected chi connectivity index (χ1v) is 6.81. The van der Waals surface area contributed by atoms with Crippen molar-refractivity contribution in [2.45, 2.75) is 45.3 Å². The Labute approximate surface area is 109 Å². The summed E-state index contributed by atoms with van der Waals surface area (Å²) in [6.07, 6.45) is 2.16. The monoisotopic (exact) mass is 250 g/mol. The molecule has 0 aliphatic carbocycles. The van der Waals surface area contributed by atoms with E-state index in [-0.39, 0.29) is 6.10 Å². The average molecular weight is 250 g/mol. The van der Waals surface area contributed by atoms with Crippen molar-refractivity contribution in [3.63, 3.8) is 0 Å². The van der Waals surface area contributed by atoms with Gasteiger partial charge in [-0.3, -0.25) is 0 Å². The van der Waals surface area contributed by atoms with E-state index in [4.69, 9.17) is 9.47 Å². The fraction of sp³-hybridized carbons (Fsp3) is 0.600. The van der Waals surface area contributed by atoms with Gasteiger partial charge >= 0.3 is 0 Å². The number of hydrogen-bond acceptors (Lipinski definition) is 3. The second-order valence-electron chi connectivity index (χ2n) is 4.69. The molecule has 2 rings (SSSR count). The molecule has 0 saturated carbocycles. The van der Waals surface area contributed by atoms with E-state index in [0.717, 1.165) is 37.2 Å². The summed E-state index contributed by atoms with van der Waals surface area (Å²) in [6, 6.07) is 5.95. The van der Waals surface area contributed by atoms with Crippen molar-refractivity contribution < 1.29 is 14.6 Å². The minimum Gasteiger partial charge on any atom is -0.493 e. The van der Waals surface area contributed by atoms with E-state index in [1.165, 1.54) is 5.56 Å². The van der Waals surface area contributed by atoms with Crippen molar-refractivity contribution in [3.8, 4) is 5.75 Å². The molecule has 0 amide bonds. The Bertz CT molecular complexity index is 383. The van der Waals surface area contributed by atoms with E-state index in [9.17, 15) is 5.11 Å². The van der Waals surface area contributed by atoms with E-state index >= 15 is 0 Å². The zero-order valence-corrected chi connectivity index (χ0v) is 11.2. The number of ether oxygens (including phenoxy) is 2. The molecule has 0 saturated heterocycles. The van der Waals surface area contributed by atoms with Crippen LogP contribution in [0.5, 0.6) is 5.75 Å². The standard InChI is InChI=1S/C15H22O3/c1-3-5-14(17-4-2)15(16)12-6-7-13-11(10-12)8-9-18-13/h6-7,10,14-16H,3-5,8-9H2,1-2H3. The Hall–Kier alpha value is -1.06. The van der Waals surface area contributed by atoms with Crippen LogP contribution in [0.15, 0.2) is 18.2 Å². The van der Waals surface area contributed by atoms with Crippen LogP contribution in [0, 0.1) is 0 Å². The van der Waals surface area contributed by atoms with Gasteiger partial charge < -0.3 is 14.6 Å². The molecule has 1 aromatic carbocycles. The molecule has 100 valence electrons. The Kier molecular flexibility index (Phi) is 4.61. The third-order valence-corrected chi connectivity index (χ3v) is 3.36. The second kappa shape index (κ2) is 6.21. The minimum absolute atomic E-state index is 0.111. The van der Waals surface area contributed by atoms with E-state index in [1.807, 2.05) is 19.1 Å². The molecule has 0 radical (unpaired) electrons. The second-order valence-corrected chi connectivity index (χ2v) is 4.69. The highest BCUT2D eigenvalue weighted by atomic mass is 16.5. The third-order valence-electron chi connectivity index (χ3n) is 3.36. The molecule has 0 spiro atoms. The predicted octanol–water partition coefficient (Wildman–Crippen LogP) is 2.86. The molecule has 3 heteroatoms.